The Morgan fingerprint density at radius 3 is 2.60 bits per heavy atom. The Bertz CT molecular complexity index is 714. The van der Waals surface area contributed by atoms with Crippen molar-refractivity contribution in [2.75, 3.05) is 20.1 Å². The van der Waals surface area contributed by atoms with E-state index in [0.29, 0.717) is 0 Å². The summed E-state index contributed by atoms with van der Waals surface area (Å²) in [5.41, 5.74) is 5.82. The lowest BCUT2D eigenvalue weighted by Crippen LogP contribution is -2.44. The maximum Gasteiger partial charge on any atom is 0.193 e. The van der Waals surface area contributed by atoms with E-state index in [1.54, 1.807) is 11.3 Å². The second-order valence-electron chi connectivity index (χ2n) is 5.96. The van der Waals surface area contributed by atoms with E-state index in [2.05, 4.69) is 63.5 Å². The number of likely N-dealkylation sites (tertiary alicyclic amines) is 1. The minimum absolute atomic E-state index is 0. The van der Waals surface area contributed by atoms with E-state index in [9.17, 15) is 0 Å². The zero-order chi connectivity index (χ0) is 16.8. The highest BCUT2D eigenvalue weighted by molar-refractivity contribution is 14.0. The van der Waals surface area contributed by atoms with Crippen LogP contribution in [0.4, 0.5) is 0 Å². The van der Waals surface area contributed by atoms with Gasteiger partial charge in [-0.1, -0.05) is 42.0 Å². The molecular formula is C19H25IN4S. The molecule has 3 rings (SSSR count). The summed E-state index contributed by atoms with van der Waals surface area (Å²) in [4.78, 5) is 12.4. The molecule has 0 saturated carbocycles. The summed E-state index contributed by atoms with van der Waals surface area (Å²) in [6, 6.07) is 10.6. The predicted octanol–water partition coefficient (Wildman–Crippen LogP) is 4.32. The number of guanidine groups is 1. The Balaban J connectivity index is 0.00000225. The van der Waals surface area contributed by atoms with E-state index in [1.807, 2.05) is 12.6 Å². The highest BCUT2D eigenvalue weighted by Crippen LogP contribution is 2.20. The van der Waals surface area contributed by atoms with Gasteiger partial charge in [-0.25, -0.2) is 4.98 Å². The second-order valence-corrected chi connectivity index (χ2v) is 6.90. The van der Waals surface area contributed by atoms with Gasteiger partial charge in [-0.3, -0.25) is 4.99 Å². The lowest BCUT2D eigenvalue weighted by Gasteiger charge is -2.31. The molecule has 4 nitrogen and oxygen atoms in total. The maximum atomic E-state index is 4.45. The number of nitrogens with zero attached hydrogens (tertiary/aromatic N) is 3. The van der Waals surface area contributed by atoms with Crippen molar-refractivity contribution < 1.29 is 0 Å². The fourth-order valence-electron chi connectivity index (χ4n) is 2.92. The molecule has 2 heterocycles. The molecule has 0 bridgehead atoms. The summed E-state index contributed by atoms with van der Waals surface area (Å²) in [5, 5.41) is 3.47. The van der Waals surface area contributed by atoms with Crippen molar-refractivity contribution in [3.8, 4) is 0 Å². The number of nitrogens with one attached hydrogen (secondary N) is 1. The third-order valence-corrected chi connectivity index (χ3v) is 5.27. The number of rotatable bonds is 3. The van der Waals surface area contributed by atoms with E-state index in [0.717, 1.165) is 44.1 Å². The molecule has 1 fully saturated rings. The normalized spacial score (nSPS) is 14.9. The average Bonchev–Trinajstić information content (AvgIpc) is 3.03. The highest BCUT2D eigenvalue weighted by atomic mass is 127. The predicted molar refractivity (Wildman–Crippen MR) is 118 cm³/mol. The Labute approximate surface area is 171 Å². The third-order valence-electron chi connectivity index (χ3n) is 4.34. The van der Waals surface area contributed by atoms with Crippen LogP contribution in [-0.2, 0) is 6.54 Å². The van der Waals surface area contributed by atoms with Crippen LogP contribution in [0.25, 0.3) is 6.08 Å². The van der Waals surface area contributed by atoms with Gasteiger partial charge in [0.25, 0.3) is 0 Å². The van der Waals surface area contributed by atoms with Gasteiger partial charge in [0.2, 0.25) is 0 Å². The van der Waals surface area contributed by atoms with Crippen LogP contribution >= 0.6 is 35.3 Å². The minimum Gasteiger partial charge on any atom is -0.351 e. The molecule has 0 aliphatic carbocycles. The summed E-state index contributed by atoms with van der Waals surface area (Å²) in [5.74, 6) is 0.988. The SMILES string of the molecule is CN=C(NCc1scnc1C)N1CCC(=Cc2ccccc2)CC1.I. The molecule has 134 valence electrons. The van der Waals surface area contributed by atoms with Crippen LogP contribution in [0.15, 0.2) is 46.4 Å². The monoisotopic (exact) mass is 468 g/mol. The van der Waals surface area contributed by atoms with Crippen molar-refractivity contribution in [1.82, 2.24) is 15.2 Å². The topological polar surface area (TPSA) is 40.5 Å². The molecule has 0 amide bonds. The molecule has 2 aromatic rings. The van der Waals surface area contributed by atoms with Gasteiger partial charge in [-0.15, -0.1) is 35.3 Å². The number of thiazole rings is 1. The van der Waals surface area contributed by atoms with Crippen molar-refractivity contribution in [2.45, 2.75) is 26.3 Å². The standard InChI is InChI=1S/C19H24N4S.HI/c1-15-18(24-14-22-15)13-21-19(20-2)23-10-8-17(9-11-23)12-16-6-4-3-5-7-16;/h3-7,12,14H,8-11,13H2,1-2H3,(H,20,21);1H. The van der Waals surface area contributed by atoms with Gasteiger partial charge >= 0.3 is 0 Å². The summed E-state index contributed by atoms with van der Waals surface area (Å²) in [6.07, 6.45) is 4.51. The minimum atomic E-state index is 0. The quantitative estimate of drug-likeness (QED) is 0.415. The molecule has 1 aliphatic rings. The third kappa shape index (κ3) is 5.54. The Morgan fingerprint density at radius 1 is 1.28 bits per heavy atom. The summed E-state index contributed by atoms with van der Waals surface area (Å²) < 4.78 is 0. The first-order valence-electron chi connectivity index (χ1n) is 8.35. The van der Waals surface area contributed by atoms with E-state index in [1.165, 1.54) is 16.0 Å². The molecular weight excluding hydrogens is 443 g/mol. The molecule has 0 atom stereocenters. The maximum absolute atomic E-state index is 4.45. The van der Waals surface area contributed by atoms with Crippen molar-refractivity contribution in [3.63, 3.8) is 0 Å². The molecule has 0 radical (unpaired) electrons. The first kappa shape index (κ1) is 19.9. The van der Waals surface area contributed by atoms with E-state index in [-0.39, 0.29) is 24.0 Å². The van der Waals surface area contributed by atoms with Crippen LogP contribution in [-0.4, -0.2) is 36.0 Å². The smallest absolute Gasteiger partial charge is 0.193 e. The lowest BCUT2D eigenvalue weighted by atomic mass is 10.0. The first-order chi connectivity index (χ1) is 11.8. The van der Waals surface area contributed by atoms with Crippen molar-refractivity contribution in [1.29, 1.82) is 0 Å². The number of hydrogen-bond donors (Lipinski definition) is 1. The summed E-state index contributed by atoms with van der Waals surface area (Å²) in [6.45, 7) is 4.88. The number of aliphatic imine (C=N–C) groups is 1. The van der Waals surface area contributed by atoms with Gasteiger partial charge < -0.3 is 10.2 Å². The van der Waals surface area contributed by atoms with Crippen LogP contribution in [0.2, 0.25) is 0 Å². The number of aromatic nitrogens is 1. The lowest BCUT2D eigenvalue weighted by molar-refractivity contribution is 0.375. The summed E-state index contributed by atoms with van der Waals surface area (Å²) in [7, 11) is 1.86. The van der Waals surface area contributed by atoms with E-state index < -0.39 is 0 Å². The number of halogens is 1. The van der Waals surface area contributed by atoms with Gasteiger partial charge in [0.1, 0.15) is 0 Å². The van der Waals surface area contributed by atoms with Crippen LogP contribution in [0.3, 0.4) is 0 Å². The molecule has 0 unspecified atom stereocenters. The molecule has 1 aromatic heterocycles. The van der Waals surface area contributed by atoms with Crippen molar-refractivity contribution >= 4 is 47.3 Å². The summed E-state index contributed by atoms with van der Waals surface area (Å²) >= 11 is 1.69. The number of piperidine rings is 1. The van der Waals surface area contributed by atoms with Gasteiger partial charge in [0, 0.05) is 25.0 Å². The van der Waals surface area contributed by atoms with E-state index >= 15 is 0 Å². The van der Waals surface area contributed by atoms with Crippen LogP contribution in [0, 0.1) is 6.92 Å². The van der Waals surface area contributed by atoms with Gasteiger partial charge in [0.15, 0.2) is 5.96 Å². The largest absolute Gasteiger partial charge is 0.351 e. The van der Waals surface area contributed by atoms with E-state index in [4.69, 9.17) is 0 Å². The van der Waals surface area contributed by atoms with Crippen LogP contribution in [0.1, 0.15) is 29.0 Å². The molecule has 1 N–H and O–H groups in total. The fourth-order valence-corrected chi connectivity index (χ4v) is 3.64. The van der Waals surface area contributed by atoms with Crippen molar-refractivity contribution in [2.24, 2.45) is 4.99 Å². The fraction of sp³-hybridized carbons (Fsp3) is 0.368. The Morgan fingerprint density at radius 2 is 2.00 bits per heavy atom. The second kappa shape index (κ2) is 9.91. The van der Waals surface area contributed by atoms with Crippen LogP contribution < -0.4 is 5.32 Å². The zero-order valence-corrected chi connectivity index (χ0v) is 17.9. The molecule has 1 aromatic carbocycles. The van der Waals surface area contributed by atoms with Crippen LogP contribution in [0.5, 0.6) is 0 Å². The zero-order valence-electron chi connectivity index (χ0n) is 14.7. The molecule has 1 saturated heterocycles. The number of benzene rings is 1. The molecule has 6 heteroatoms. The van der Waals surface area contributed by atoms with Crippen molar-refractivity contribution in [3.05, 3.63) is 57.6 Å². The number of aryl methyl sites for hydroxylation is 1. The van der Waals surface area contributed by atoms with Gasteiger partial charge in [-0.05, 0) is 25.3 Å². The van der Waals surface area contributed by atoms with Gasteiger partial charge in [-0.2, -0.15) is 0 Å². The highest BCUT2D eigenvalue weighted by Gasteiger charge is 2.17. The average molecular weight is 468 g/mol. The molecule has 0 spiro atoms. The first-order valence-corrected chi connectivity index (χ1v) is 9.23. The Hall–Kier alpha value is -1.41. The Kier molecular flexibility index (Phi) is 7.90. The number of hydrogen-bond acceptors (Lipinski definition) is 3. The molecule has 1 aliphatic heterocycles. The van der Waals surface area contributed by atoms with Gasteiger partial charge in [0.05, 0.1) is 17.7 Å². The molecule has 25 heavy (non-hydrogen) atoms.